The van der Waals surface area contributed by atoms with Crippen LogP contribution in [0, 0.1) is 17.5 Å². The SMILES string of the molecule is C=CC(=O)N1CCN2c3c4c(nc5c(F)c(-c6c(F)cc(F)c7sc(N)nc67)c(Cl)cc35)SCCN4C[C@@H]2C1. The van der Waals surface area contributed by atoms with Crippen molar-refractivity contribution >= 4 is 78.2 Å². The fraction of sp³-hybridized carbons (Fsp3) is 0.269. The number of halogens is 4. The van der Waals surface area contributed by atoms with Gasteiger partial charge in [-0.1, -0.05) is 29.5 Å². The Morgan fingerprint density at radius 2 is 1.90 bits per heavy atom. The molecule has 2 aromatic heterocycles. The highest BCUT2D eigenvalue weighted by molar-refractivity contribution is 7.99. The van der Waals surface area contributed by atoms with Gasteiger partial charge in [0.1, 0.15) is 22.2 Å². The maximum Gasteiger partial charge on any atom is 0.246 e. The predicted octanol–water partition coefficient (Wildman–Crippen LogP) is 5.29. The Hall–Kier alpha value is -3.22. The first-order valence-corrected chi connectivity index (χ1v) is 14.4. The Labute approximate surface area is 234 Å². The van der Waals surface area contributed by atoms with E-state index in [4.69, 9.17) is 22.3 Å². The summed E-state index contributed by atoms with van der Waals surface area (Å²) in [6.07, 6.45) is 1.32. The number of hydrogen-bond acceptors (Lipinski definition) is 8. The van der Waals surface area contributed by atoms with Crippen LogP contribution in [-0.2, 0) is 4.79 Å². The number of pyridine rings is 1. The van der Waals surface area contributed by atoms with Gasteiger partial charge in [0.2, 0.25) is 5.91 Å². The summed E-state index contributed by atoms with van der Waals surface area (Å²) in [6.45, 7) is 6.64. The minimum atomic E-state index is -0.992. The van der Waals surface area contributed by atoms with Gasteiger partial charge in [-0.3, -0.25) is 4.79 Å². The summed E-state index contributed by atoms with van der Waals surface area (Å²) >= 11 is 9.09. The number of nitrogen functional groups attached to an aromatic ring is 1. The first kappa shape index (κ1) is 24.8. The highest BCUT2D eigenvalue weighted by atomic mass is 35.5. The molecule has 39 heavy (non-hydrogen) atoms. The molecule has 200 valence electrons. The fourth-order valence-electron chi connectivity index (χ4n) is 5.89. The molecule has 2 N–H and O–H groups in total. The van der Waals surface area contributed by atoms with Crippen LogP contribution in [0.5, 0.6) is 0 Å². The average Bonchev–Trinajstić information content (AvgIpc) is 3.31. The van der Waals surface area contributed by atoms with Crippen LogP contribution < -0.4 is 15.5 Å². The maximum atomic E-state index is 16.5. The van der Waals surface area contributed by atoms with Crippen LogP contribution in [0.3, 0.4) is 0 Å². The zero-order valence-corrected chi connectivity index (χ0v) is 22.7. The monoisotopic (exact) mass is 588 g/mol. The fourth-order valence-corrected chi connectivity index (χ4v) is 7.95. The number of piperazine rings is 1. The molecule has 0 unspecified atom stereocenters. The largest absolute Gasteiger partial charge is 0.375 e. The lowest BCUT2D eigenvalue weighted by Crippen LogP contribution is -2.61. The van der Waals surface area contributed by atoms with Gasteiger partial charge in [-0.15, -0.1) is 11.8 Å². The van der Waals surface area contributed by atoms with E-state index in [9.17, 15) is 9.18 Å². The first-order valence-electron chi connectivity index (χ1n) is 12.2. The van der Waals surface area contributed by atoms with Gasteiger partial charge in [0.25, 0.3) is 0 Å². The van der Waals surface area contributed by atoms with Gasteiger partial charge in [0.15, 0.2) is 10.9 Å². The number of aromatic nitrogens is 2. The van der Waals surface area contributed by atoms with Gasteiger partial charge in [0, 0.05) is 61.1 Å². The molecule has 2 aromatic carbocycles. The standard InChI is InChI=1S/C26H20ClF3N6OS2/c1-2-16(37)34-3-4-36-11(9-34)10-35-5-6-38-25-23(35)22(36)12-7-13(27)17(19(30)20(12)32-25)18-14(28)8-15(29)24-21(18)33-26(31)39-24/h2,7-8,11H,1,3-6,9-10H2,(H2,31,33)/t11-/m0/s1. The predicted molar refractivity (Wildman–Crippen MR) is 151 cm³/mol. The average molecular weight is 589 g/mol. The molecule has 4 aromatic rings. The number of carbonyl (C=O) groups is 1. The van der Waals surface area contributed by atoms with E-state index in [0.29, 0.717) is 42.7 Å². The van der Waals surface area contributed by atoms with Crippen LogP contribution in [0.15, 0.2) is 29.8 Å². The topological polar surface area (TPSA) is 78.6 Å². The normalized spacial score (nSPS) is 18.5. The molecule has 5 heterocycles. The van der Waals surface area contributed by atoms with Gasteiger partial charge in [0.05, 0.1) is 32.7 Å². The van der Waals surface area contributed by atoms with E-state index in [2.05, 4.69) is 21.4 Å². The van der Waals surface area contributed by atoms with Gasteiger partial charge in [-0.25, -0.2) is 23.1 Å². The van der Waals surface area contributed by atoms with Crippen LogP contribution >= 0.6 is 34.7 Å². The zero-order valence-electron chi connectivity index (χ0n) is 20.3. The first-order chi connectivity index (χ1) is 18.8. The van der Waals surface area contributed by atoms with Gasteiger partial charge in [-0.05, 0) is 12.1 Å². The molecule has 1 saturated heterocycles. The molecule has 0 bridgehead atoms. The summed E-state index contributed by atoms with van der Waals surface area (Å²) in [7, 11) is 0. The minimum Gasteiger partial charge on any atom is -0.375 e. The summed E-state index contributed by atoms with van der Waals surface area (Å²) in [6, 6.07) is 2.27. The summed E-state index contributed by atoms with van der Waals surface area (Å²) in [5.41, 5.74) is 6.99. The molecule has 1 atom stereocenters. The number of nitrogens with two attached hydrogens (primary N) is 1. The van der Waals surface area contributed by atoms with Crippen molar-refractivity contribution in [2.24, 2.45) is 0 Å². The van der Waals surface area contributed by atoms with E-state index in [0.717, 1.165) is 35.0 Å². The van der Waals surface area contributed by atoms with Crippen molar-refractivity contribution in [3.8, 4) is 11.1 Å². The van der Waals surface area contributed by atoms with Crippen molar-refractivity contribution in [1.29, 1.82) is 0 Å². The second kappa shape index (κ2) is 8.90. The van der Waals surface area contributed by atoms with Crippen molar-refractivity contribution in [3.05, 3.63) is 47.3 Å². The van der Waals surface area contributed by atoms with Crippen LogP contribution in [0.25, 0.3) is 32.2 Å². The van der Waals surface area contributed by atoms with Crippen molar-refractivity contribution in [1.82, 2.24) is 14.9 Å². The number of benzene rings is 2. The number of carbonyl (C=O) groups excluding carboxylic acids is 1. The summed E-state index contributed by atoms with van der Waals surface area (Å²) < 4.78 is 46.3. The molecular weight excluding hydrogens is 569 g/mol. The van der Waals surface area contributed by atoms with Crippen molar-refractivity contribution in [3.63, 3.8) is 0 Å². The van der Waals surface area contributed by atoms with Crippen LogP contribution in [0.4, 0.5) is 29.7 Å². The molecule has 0 saturated carbocycles. The quantitative estimate of drug-likeness (QED) is 0.319. The Morgan fingerprint density at radius 1 is 1.08 bits per heavy atom. The molecule has 3 aliphatic rings. The molecule has 7 rings (SSSR count). The Kier molecular flexibility index (Phi) is 5.66. The number of fused-ring (bicyclic) bond motifs is 5. The Morgan fingerprint density at radius 3 is 2.69 bits per heavy atom. The highest BCUT2D eigenvalue weighted by Crippen LogP contribution is 2.51. The number of nitrogens with zero attached hydrogens (tertiary/aromatic N) is 5. The van der Waals surface area contributed by atoms with Crippen molar-refractivity contribution in [2.45, 2.75) is 11.1 Å². The summed E-state index contributed by atoms with van der Waals surface area (Å²) in [5, 5.41) is 1.16. The molecule has 7 nitrogen and oxygen atoms in total. The molecule has 1 amide bonds. The van der Waals surface area contributed by atoms with Gasteiger partial charge >= 0.3 is 0 Å². The second-order valence-electron chi connectivity index (χ2n) is 9.63. The number of thioether (sulfide) groups is 1. The Bertz CT molecular complexity index is 1750. The lowest BCUT2D eigenvalue weighted by atomic mass is 9.97. The van der Waals surface area contributed by atoms with E-state index >= 15 is 8.78 Å². The minimum absolute atomic E-state index is 0.0222. The number of hydrogen-bond donors (Lipinski definition) is 1. The van der Waals surface area contributed by atoms with Gasteiger partial charge in [-0.2, -0.15) is 0 Å². The van der Waals surface area contributed by atoms with E-state index < -0.39 is 17.5 Å². The molecular formula is C26H20ClF3N6OS2. The Balaban J connectivity index is 1.47. The second-order valence-corrected chi connectivity index (χ2v) is 12.2. The molecule has 0 radical (unpaired) electrons. The van der Waals surface area contributed by atoms with Crippen LogP contribution in [0.1, 0.15) is 0 Å². The third kappa shape index (κ3) is 3.61. The number of thiazole rings is 1. The molecule has 1 fully saturated rings. The lowest BCUT2D eigenvalue weighted by molar-refractivity contribution is -0.126. The highest BCUT2D eigenvalue weighted by Gasteiger charge is 2.41. The van der Waals surface area contributed by atoms with Crippen molar-refractivity contribution in [2.75, 3.05) is 54.0 Å². The lowest BCUT2D eigenvalue weighted by Gasteiger charge is -2.51. The maximum absolute atomic E-state index is 16.5. The van der Waals surface area contributed by atoms with E-state index in [1.165, 1.54) is 17.8 Å². The smallest absolute Gasteiger partial charge is 0.246 e. The van der Waals surface area contributed by atoms with Crippen molar-refractivity contribution < 1.29 is 18.0 Å². The van der Waals surface area contributed by atoms with Crippen LogP contribution in [0.2, 0.25) is 5.02 Å². The summed E-state index contributed by atoms with van der Waals surface area (Å²) in [4.78, 5) is 27.4. The van der Waals surface area contributed by atoms with E-state index in [-0.39, 0.29) is 49.0 Å². The number of anilines is 3. The molecule has 0 spiro atoms. The third-order valence-corrected chi connectivity index (χ3v) is 9.67. The van der Waals surface area contributed by atoms with E-state index in [1.54, 1.807) is 11.0 Å². The molecule has 13 heteroatoms. The van der Waals surface area contributed by atoms with Gasteiger partial charge < -0.3 is 20.4 Å². The third-order valence-electron chi connectivity index (χ3n) is 7.53. The number of amides is 1. The van der Waals surface area contributed by atoms with Crippen LogP contribution in [-0.4, -0.2) is 65.3 Å². The zero-order chi connectivity index (χ0) is 27.2. The molecule has 0 aliphatic carbocycles. The molecule has 3 aliphatic heterocycles. The summed E-state index contributed by atoms with van der Waals surface area (Å²) in [5.74, 6) is -1.99. The number of rotatable bonds is 2. The van der Waals surface area contributed by atoms with E-state index in [1.807, 2.05) is 0 Å².